The van der Waals surface area contributed by atoms with Crippen LogP contribution in [0.15, 0.2) is 47.5 Å². The van der Waals surface area contributed by atoms with Crippen LogP contribution in [-0.4, -0.2) is 43.5 Å². The number of benzene rings is 2. The number of aliphatic imine (C=N–C) groups is 1. The summed E-state index contributed by atoms with van der Waals surface area (Å²) in [5.74, 6) is 0.517. The van der Waals surface area contributed by atoms with E-state index in [2.05, 4.69) is 4.99 Å². The van der Waals surface area contributed by atoms with Gasteiger partial charge in [-0.3, -0.25) is 4.99 Å². The lowest BCUT2D eigenvalue weighted by Crippen LogP contribution is -2.28. The highest BCUT2D eigenvalue weighted by atomic mass is 35.5. The monoisotopic (exact) mass is 440 g/mol. The molecule has 0 unspecified atom stereocenters. The molecule has 2 aromatic carbocycles. The molecular formula is C19H18ClFN2O3S2. The molecule has 28 heavy (non-hydrogen) atoms. The van der Waals surface area contributed by atoms with Crippen LogP contribution in [0, 0.1) is 5.82 Å². The van der Waals surface area contributed by atoms with Crippen LogP contribution in [0.25, 0.3) is 0 Å². The lowest BCUT2D eigenvalue weighted by molar-refractivity contribution is 0.415. The fourth-order valence-electron chi connectivity index (χ4n) is 3.34. The number of hydrogen-bond donors (Lipinski definition) is 0. The number of anilines is 1. The van der Waals surface area contributed by atoms with Crippen LogP contribution < -0.4 is 9.64 Å². The first-order chi connectivity index (χ1) is 13.3. The minimum absolute atomic E-state index is 0.0724. The number of fused-ring (bicyclic) bond motifs is 1. The first-order valence-electron chi connectivity index (χ1n) is 8.65. The zero-order valence-electron chi connectivity index (χ0n) is 15.0. The van der Waals surface area contributed by atoms with Gasteiger partial charge in [-0.05, 0) is 29.8 Å². The molecule has 2 atom stereocenters. The third-order valence-electron chi connectivity index (χ3n) is 4.74. The van der Waals surface area contributed by atoms with Crippen molar-refractivity contribution in [3.8, 4) is 5.75 Å². The van der Waals surface area contributed by atoms with Gasteiger partial charge in [0.25, 0.3) is 0 Å². The first-order valence-corrected chi connectivity index (χ1v) is 11.7. The molecule has 1 saturated heterocycles. The Labute approximate surface area is 172 Å². The van der Waals surface area contributed by atoms with Crippen LogP contribution in [0.3, 0.4) is 0 Å². The molecule has 1 fully saturated rings. The Morgan fingerprint density at radius 3 is 2.82 bits per heavy atom. The van der Waals surface area contributed by atoms with Gasteiger partial charge in [0.2, 0.25) is 0 Å². The number of halogens is 2. The Balaban J connectivity index is 1.70. The Morgan fingerprint density at radius 1 is 1.29 bits per heavy atom. The zero-order chi connectivity index (χ0) is 19.9. The van der Waals surface area contributed by atoms with Gasteiger partial charge in [-0.15, -0.1) is 0 Å². The average Bonchev–Trinajstić information content (AvgIpc) is 3.14. The second-order valence-corrected chi connectivity index (χ2v) is 10.5. The van der Waals surface area contributed by atoms with E-state index < -0.39 is 15.7 Å². The van der Waals surface area contributed by atoms with Gasteiger partial charge >= 0.3 is 0 Å². The molecule has 0 aromatic heterocycles. The number of hydrogen-bond acceptors (Lipinski definition) is 6. The predicted octanol–water partition coefficient (Wildman–Crippen LogP) is 3.76. The van der Waals surface area contributed by atoms with Crippen molar-refractivity contribution in [2.24, 2.45) is 4.99 Å². The fourth-order valence-corrected chi connectivity index (χ4v) is 7.35. The molecule has 2 aliphatic heterocycles. The van der Waals surface area contributed by atoms with Crippen LogP contribution in [0.1, 0.15) is 5.56 Å². The number of sulfone groups is 1. The minimum Gasteiger partial charge on any atom is -0.497 e. The summed E-state index contributed by atoms with van der Waals surface area (Å²) in [6.07, 6.45) is 0. The van der Waals surface area contributed by atoms with Crippen molar-refractivity contribution in [2.75, 3.05) is 23.5 Å². The van der Waals surface area contributed by atoms with Crippen LogP contribution in [-0.2, 0) is 16.4 Å². The maximum Gasteiger partial charge on any atom is 0.164 e. The second-order valence-electron chi connectivity index (χ2n) is 6.74. The molecule has 148 valence electrons. The van der Waals surface area contributed by atoms with Crippen molar-refractivity contribution >= 4 is 44.1 Å². The summed E-state index contributed by atoms with van der Waals surface area (Å²) >= 11 is 7.71. The van der Waals surface area contributed by atoms with Crippen molar-refractivity contribution in [2.45, 2.75) is 17.8 Å². The van der Waals surface area contributed by atoms with Gasteiger partial charge in [-0.2, -0.15) is 0 Å². The van der Waals surface area contributed by atoms with Crippen molar-refractivity contribution in [1.82, 2.24) is 0 Å². The standard InChI is InChI=1S/C19H18ClFN2O3S2/c1-26-15-4-2-3-14(8-15)23(9-12-5-6-13(21)7-16(12)20)19-22-17-10-28(24,25)11-18(17)27-19/h2-8,17-18H,9-11H2,1H3/t17-,18-/m0/s1. The summed E-state index contributed by atoms with van der Waals surface area (Å²) in [5, 5.41) is 0.995. The normalized spacial score (nSPS) is 22.6. The van der Waals surface area contributed by atoms with Gasteiger partial charge in [0.1, 0.15) is 11.6 Å². The van der Waals surface area contributed by atoms with Crippen molar-refractivity contribution in [3.63, 3.8) is 0 Å². The predicted molar refractivity (Wildman–Crippen MR) is 112 cm³/mol. The van der Waals surface area contributed by atoms with E-state index in [0.717, 1.165) is 16.4 Å². The molecule has 0 N–H and O–H groups in total. The summed E-state index contributed by atoms with van der Waals surface area (Å²) in [7, 11) is -1.43. The highest BCUT2D eigenvalue weighted by Crippen LogP contribution is 2.38. The summed E-state index contributed by atoms with van der Waals surface area (Å²) in [6.45, 7) is 0.379. The smallest absolute Gasteiger partial charge is 0.164 e. The maximum absolute atomic E-state index is 13.4. The number of rotatable bonds is 4. The van der Waals surface area contributed by atoms with Crippen LogP contribution >= 0.6 is 23.4 Å². The number of methoxy groups -OCH3 is 1. The highest BCUT2D eigenvalue weighted by molar-refractivity contribution is 8.15. The van der Waals surface area contributed by atoms with E-state index in [-0.39, 0.29) is 22.8 Å². The molecule has 0 saturated carbocycles. The summed E-state index contributed by atoms with van der Waals surface area (Å²) in [5.41, 5.74) is 1.59. The van der Waals surface area contributed by atoms with Gasteiger partial charge < -0.3 is 9.64 Å². The Hall–Kier alpha value is -1.77. The first kappa shape index (κ1) is 19.5. The molecule has 2 heterocycles. The van der Waals surface area contributed by atoms with E-state index in [1.54, 1.807) is 13.2 Å². The molecule has 0 radical (unpaired) electrons. The van der Waals surface area contributed by atoms with Gasteiger partial charge in [0.05, 0.1) is 31.2 Å². The molecule has 0 bridgehead atoms. The molecule has 2 aromatic rings. The number of nitrogens with zero attached hydrogens (tertiary/aromatic N) is 2. The molecule has 2 aliphatic rings. The second kappa shape index (κ2) is 7.57. The van der Waals surface area contributed by atoms with E-state index in [4.69, 9.17) is 16.3 Å². The number of amidine groups is 1. The Kier molecular flexibility index (Phi) is 5.28. The lowest BCUT2D eigenvalue weighted by atomic mass is 10.2. The van der Waals surface area contributed by atoms with Gasteiger partial charge in [-0.25, -0.2) is 12.8 Å². The quantitative estimate of drug-likeness (QED) is 0.724. The van der Waals surface area contributed by atoms with Crippen LogP contribution in [0.4, 0.5) is 10.1 Å². The SMILES string of the molecule is COc1cccc(N(Cc2ccc(F)cc2Cl)C2=N[C@H]3CS(=O)(=O)C[C@@H]3S2)c1. The van der Waals surface area contributed by atoms with E-state index >= 15 is 0 Å². The van der Waals surface area contributed by atoms with Crippen molar-refractivity contribution < 1.29 is 17.5 Å². The average molecular weight is 441 g/mol. The molecule has 0 spiro atoms. The summed E-state index contributed by atoms with van der Waals surface area (Å²) in [4.78, 5) is 6.66. The molecule has 4 rings (SSSR count). The van der Waals surface area contributed by atoms with Gasteiger partial charge in [0.15, 0.2) is 15.0 Å². The third kappa shape index (κ3) is 3.99. The third-order valence-corrected chi connectivity index (χ3v) is 8.34. The lowest BCUT2D eigenvalue weighted by Gasteiger charge is -2.25. The largest absolute Gasteiger partial charge is 0.497 e. The van der Waals surface area contributed by atoms with Crippen molar-refractivity contribution in [1.29, 1.82) is 0 Å². The molecule has 0 amide bonds. The van der Waals surface area contributed by atoms with Gasteiger partial charge in [0, 0.05) is 22.0 Å². The Bertz CT molecular complexity index is 1050. The van der Waals surface area contributed by atoms with Crippen LogP contribution in [0.2, 0.25) is 5.02 Å². The molecule has 0 aliphatic carbocycles. The van der Waals surface area contributed by atoms with Crippen LogP contribution in [0.5, 0.6) is 5.75 Å². The summed E-state index contributed by atoms with van der Waals surface area (Å²) < 4.78 is 42.5. The molecular weight excluding hydrogens is 423 g/mol. The number of ether oxygens (including phenoxy) is 1. The van der Waals surface area contributed by atoms with Gasteiger partial charge in [-0.1, -0.05) is 35.5 Å². The summed E-state index contributed by atoms with van der Waals surface area (Å²) in [6, 6.07) is 11.6. The maximum atomic E-state index is 13.4. The van der Waals surface area contributed by atoms with E-state index in [9.17, 15) is 12.8 Å². The van der Waals surface area contributed by atoms with E-state index in [0.29, 0.717) is 17.3 Å². The number of thioether (sulfide) groups is 1. The topological polar surface area (TPSA) is 59.0 Å². The van der Waals surface area contributed by atoms with Crippen molar-refractivity contribution in [3.05, 3.63) is 58.9 Å². The minimum atomic E-state index is -3.03. The molecule has 9 heteroatoms. The fraction of sp³-hybridized carbons (Fsp3) is 0.316. The van der Waals surface area contributed by atoms with E-state index in [1.807, 2.05) is 29.2 Å². The highest BCUT2D eigenvalue weighted by Gasteiger charge is 2.44. The Morgan fingerprint density at radius 2 is 2.11 bits per heavy atom. The molecule has 5 nitrogen and oxygen atoms in total. The zero-order valence-corrected chi connectivity index (χ0v) is 17.4. The van der Waals surface area contributed by atoms with E-state index in [1.165, 1.54) is 23.9 Å².